The molecule has 0 saturated heterocycles. The smallest absolute Gasteiger partial charge is 0.122 e. The molecule has 0 heterocycles. The Kier molecular flexibility index (Phi) is 5.88. The highest BCUT2D eigenvalue weighted by Crippen LogP contribution is 2.30. The average Bonchev–Trinajstić information content (AvgIpc) is 3.31. The summed E-state index contributed by atoms with van der Waals surface area (Å²) in [6.45, 7) is 3.69. The van der Waals surface area contributed by atoms with Gasteiger partial charge in [0.15, 0.2) is 0 Å². The minimum atomic E-state index is -0.233. The van der Waals surface area contributed by atoms with E-state index in [2.05, 4.69) is 11.8 Å². The zero-order chi connectivity index (χ0) is 15.2. The molecule has 21 heavy (non-hydrogen) atoms. The van der Waals surface area contributed by atoms with Crippen LogP contribution < -0.4 is 9.47 Å². The summed E-state index contributed by atoms with van der Waals surface area (Å²) in [6.07, 6.45) is 4.13. The van der Waals surface area contributed by atoms with Gasteiger partial charge in [-0.3, -0.25) is 4.90 Å². The van der Waals surface area contributed by atoms with Crippen molar-refractivity contribution in [1.29, 1.82) is 0 Å². The topological polar surface area (TPSA) is 41.9 Å². The van der Waals surface area contributed by atoms with Crippen LogP contribution in [0, 0.1) is 0 Å². The van der Waals surface area contributed by atoms with E-state index in [0.29, 0.717) is 6.04 Å². The molecule has 1 N–H and O–H groups in total. The van der Waals surface area contributed by atoms with Crippen LogP contribution in [-0.4, -0.2) is 42.9 Å². The predicted molar refractivity (Wildman–Crippen MR) is 83.9 cm³/mol. The molecule has 0 aromatic heterocycles. The Balaban J connectivity index is 2.05. The van der Waals surface area contributed by atoms with E-state index in [1.807, 2.05) is 18.2 Å². The Morgan fingerprint density at radius 3 is 2.29 bits per heavy atom. The minimum Gasteiger partial charge on any atom is -0.497 e. The molecule has 4 heteroatoms. The first-order valence-corrected chi connectivity index (χ1v) is 7.80. The van der Waals surface area contributed by atoms with E-state index in [1.54, 1.807) is 14.2 Å². The second-order valence-corrected chi connectivity index (χ2v) is 5.82. The van der Waals surface area contributed by atoms with Crippen molar-refractivity contribution in [1.82, 2.24) is 4.90 Å². The number of aliphatic hydroxyl groups is 1. The van der Waals surface area contributed by atoms with E-state index >= 15 is 0 Å². The van der Waals surface area contributed by atoms with E-state index in [0.717, 1.165) is 37.4 Å². The van der Waals surface area contributed by atoms with Gasteiger partial charge in [0.2, 0.25) is 0 Å². The summed E-state index contributed by atoms with van der Waals surface area (Å²) in [5.41, 5.74) is 1.17. The summed E-state index contributed by atoms with van der Waals surface area (Å²) in [4.78, 5) is 2.38. The van der Waals surface area contributed by atoms with Crippen molar-refractivity contribution in [3.05, 3.63) is 23.8 Å². The van der Waals surface area contributed by atoms with Crippen LogP contribution in [0.25, 0.3) is 0 Å². The fourth-order valence-electron chi connectivity index (χ4n) is 2.67. The fourth-order valence-corrected chi connectivity index (χ4v) is 2.67. The molecule has 1 atom stereocenters. The van der Waals surface area contributed by atoms with Crippen LogP contribution in [0.3, 0.4) is 0 Å². The molecule has 1 saturated carbocycles. The van der Waals surface area contributed by atoms with Gasteiger partial charge in [-0.2, -0.15) is 0 Å². The standard InChI is InChI=1S/C17H27NO3/c1-4-5-15(19)12-18(14-6-7-14)11-13-8-16(20-2)10-17(9-13)21-3/h8-10,14-15,19H,4-7,11-12H2,1-3H3/t15-/m0/s1. The van der Waals surface area contributed by atoms with E-state index < -0.39 is 0 Å². The van der Waals surface area contributed by atoms with Crippen LogP contribution in [0.1, 0.15) is 38.2 Å². The van der Waals surface area contributed by atoms with Crippen molar-refractivity contribution in [2.75, 3.05) is 20.8 Å². The normalized spacial score (nSPS) is 16.0. The van der Waals surface area contributed by atoms with Crippen molar-refractivity contribution in [3.63, 3.8) is 0 Å². The molecule has 4 nitrogen and oxygen atoms in total. The van der Waals surface area contributed by atoms with Gasteiger partial charge < -0.3 is 14.6 Å². The van der Waals surface area contributed by atoms with Gasteiger partial charge >= 0.3 is 0 Å². The lowest BCUT2D eigenvalue weighted by Gasteiger charge is -2.25. The third-order valence-corrected chi connectivity index (χ3v) is 3.93. The maximum absolute atomic E-state index is 10.1. The SMILES string of the molecule is CCC[C@H](O)CN(Cc1cc(OC)cc(OC)c1)C1CC1. The number of ether oxygens (including phenoxy) is 2. The zero-order valence-corrected chi connectivity index (χ0v) is 13.3. The number of benzene rings is 1. The third kappa shape index (κ3) is 4.90. The van der Waals surface area contributed by atoms with Gasteiger partial charge in [0.25, 0.3) is 0 Å². The van der Waals surface area contributed by atoms with Gasteiger partial charge in [-0.25, -0.2) is 0 Å². The Morgan fingerprint density at radius 2 is 1.81 bits per heavy atom. The van der Waals surface area contributed by atoms with Crippen LogP contribution in [0.5, 0.6) is 11.5 Å². The van der Waals surface area contributed by atoms with E-state index in [1.165, 1.54) is 18.4 Å². The lowest BCUT2D eigenvalue weighted by molar-refractivity contribution is 0.0966. The average molecular weight is 293 g/mol. The largest absolute Gasteiger partial charge is 0.497 e. The Bertz CT molecular complexity index is 423. The monoisotopic (exact) mass is 293 g/mol. The molecule has 118 valence electrons. The first-order chi connectivity index (χ1) is 10.2. The molecule has 1 fully saturated rings. The lowest BCUT2D eigenvalue weighted by Crippen LogP contribution is -2.33. The van der Waals surface area contributed by atoms with Crippen LogP contribution in [0.15, 0.2) is 18.2 Å². The summed E-state index contributed by atoms with van der Waals surface area (Å²) in [6, 6.07) is 6.60. The molecule has 1 aromatic carbocycles. The van der Waals surface area contributed by atoms with Crippen LogP contribution >= 0.6 is 0 Å². The first kappa shape index (κ1) is 16.1. The molecule has 1 aliphatic carbocycles. The number of nitrogens with zero attached hydrogens (tertiary/aromatic N) is 1. The van der Waals surface area contributed by atoms with Crippen molar-refractivity contribution in [2.45, 2.75) is 51.3 Å². The maximum atomic E-state index is 10.1. The molecule has 0 spiro atoms. The van der Waals surface area contributed by atoms with Gasteiger partial charge in [-0.05, 0) is 37.0 Å². The highest BCUT2D eigenvalue weighted by atomic mass is 16.5. The summed E-state index contributed by atoms with van der Waals surface area (Å²) >= 11 is 0. The van der Waals surface area contributed by atoms with Gasteiger partial charge in [0, 0.05) is 25.2 Å². The summed E-state index contributed by atoms with van der Waals surface area (Å²) in [5, 5.41) is 10.1. The van der Waals surface area contributed by atoms with Crippen LogP contribution in [-0.2, 0) is 6.54 Å². The van der Waals surface area contributed by atoms with Crippen LogP contribution in [0.4, 0.5) is 0 Å². The predicted octanol–water partition coefficient (Wildman–Crippen LogP) is 2.83. The number of methoxy groups -OCH3 is 2. The Hall–Kier alpha value is -1.26. The van der Waals surface area contributed by atoms with Crippen molar-refractivity contribution >= 4 is 0 Å². The molecule has 1 aromatic rings. The third-order valence-electron chi connectivity index (χ3n) is 3.93. The molecule has 2 rings (SSSR count). The molecule has 0 aliphatic heterocycles. The van der Waals surface area contributed by atoms with Gasteiger partial charge in [-0.15, -0.1) is 0 Å². The molecule has 0 bridgehead atoms. The highest BCUT2D eigenvalue weighted by Gasteiger charge is 2.30. The van der Waals surface area contributed by atoms with E-state index in [4.69, 9.17) is 9.47 Å². The molecule has 0 unspecified atom stereocenters. The molecule has 1 aliphatic rings. The first-order valence-electron chi connectivity index (χ1n) is 7.80. The number of rotatable bonds is 9. The second-order valence-electron chi connectivity index (χ2n) is 5.82. The van der Waals surface area contributed by atoms with Crippen molar-refractivity contribution in [3.8, 4) is 11.5 Å². The van der Waals surface area contributed by atoms with Gasteiger partial charge in [0.05, 0.1) is 20.3 Å². The minimum absolute atomic E-state index is 0.233. The zero-order valence-electron chi connectivity index (χ0n) is 13.3. The van der Waals surface area contributed by atoms with Crippen molar-refractivity contribution in [2.24, 2.45) is 0 Å². The maximum Gasteiger partial charge on any atom is 0.122 e. The Labute approximate surface area is 127 Å². The number of hydrogen-bond acceptors (Lipinski definition) is 4. The number of hydrogen-bond donors (Lipinski definition) is 1. The van der Waals surface area contributed by atoms with Crippen molar-refractivity contribution < 1.29 is 14.6 Å². The summed E-state index contributed by atoms with van der Waals surface area (Å²) < 4.78 is 10.7. The number of aliphatic hydroxyl groups excluding tert-OH is 1. The second kappa shape index (κ2) is 7.66. The highest BCUT2D eigenvalue weighted by molar-refractivity contribution is 5.38. The van der Waals surface area contributed by atoms with Crippen LogP contribution in [0.2, 0.25) is 0 Å². The van der Waals surface area contributed by atoms with Gasteiger partial charge in [0.1, 0.15) is 11.5 Å². The summed E-state index contributed by atoms with van der Waals surface area (Å²) in [7, 11) is 3.34. The summed E-state index contributed by atoms with van der Waals surface area (Å²) in [5.74, 6) is 1.63. The molecule has 0 amide bonds. The lowest BCUT2D eigenvalue weighted by atomic mass is 10.1. The quantitative estimate of drug-likeness (QED) is 0.760. The molecular weight excluding hydrogens is 266 g/mol. The fraction of sp³-hybridized carbons (Fsp3) is 0.647. The Morgan fingerprint density at radius 1 is 1.19 bits per heavy atom. The molecule has 0 radical (unpaired) electrons. The van der Waals surface area contributed by atoms with Gasteiger partial charge in [-0.1, -0.05) is 13.3 Å². The van der Waals surface area contributed by atoms with E-state index in [-0.39, 0.29) is 6.10 Å². The van der Waals surface area contributed by atoms with E-state index in [9.17, 15) is 5.11 Å². The molecular formula is C17H27NO3.